The first kappa shape index (κ1) is 30.4. The number of carbonyl (C=O) groups is 4. The van der Waals surface area contributed by atoms with Crippen molar-refractivity contribution in [3.8, 4) is 5.75 Å². The minimum atomic E-state index is -1.43. The summed E-state index contributed by atoms with van der Waals surface area (Å²) in [6, 6.07) is 29.8. The predicted octanol–water partition coefficient (Wildman–Crippen LogP) is 4.45. The Morgan fingerprint density at radius 2 is 1.44 bits per heavy atom. The first-order valence-electron chi connectivity index (χ1n) is 14.1. The topological polar surface area (TPSA) is 144 Å². The van der Waals surface area contributed by atoms with Crippen LogP contribution in [-0.4, -0.2) is 45.9 Å². The molecule has 10 heteroatoms. The van der Waals surface area contributed by atoms with E-state index in [9.17, 15) is 29.1 Å². The van der Waals surface area contributed by atoms with Crippen LogP contribution in [0, 0.1) is 0 Å². The Balaban J connectivity index is 1.41. The molecule has 1 unspecified atom stereocenters. The van der Waals surface area contributed by atoms with E-state index in [1.54, 1.807) is 72.8 Å². The van der Waals surface area contributed by atoms with Crippen LogP contribution in [0.1, 0.15) is 28.4 Å². The monoisotopic (exact) mass is 603 g/mol. The van der Waals surface area contributed by atoms with Crippen molar-refractivity contribution in [2.75, 3.05) is 11.9 Å². The number of benzene rings is 4. The highest BCUT2D eigenvalue weighted by molar-refractivity contribution is 6.06. The van der Waals surface area contributed by atoms with Crippen LogP contribution in [0.2, 0.25) is 0 Å². The number of pyridine rings is 1. The molecule has 5 rings (SSSR count). The largest absolute Gasteiger partial charge is 0.486 e. The third kappa shape index (κ3) is 7.49. The zero-order chi connectivity index (χ0) is 31.8. The average Bonchev–Trinajstić information content (AvgIpc) is 3.05. The van der Waals surface area contributed by atoms with Crippen LogP contribution in [0.4, 0.5) is 5.69 Å². The first-order valence-corrected chi connectivity index (χ1v) is 14.1. The summed E-state index contributed by atoms with van der Waals surface area (Å²) in [4.78, 5) is 65.3. The Bertz CT molecular complexity index is 1910. The van der Waals surface area contributed by atoms with Gasteiger partial charge in [0, 0.05) is 11.8 Å². The number of hydrogen-bond donors (Lipinski definition) is 3. The van der Waals surface area contributed by atoms with E-state index in [4.69, 9.17) is 4.74 Å². The Morgan fingerprint density at radius 1 is 0.778 bits per heavy atom. The minimum Gasteiger partial charge on any atom is -0.486 e. The number of nitrogens with zero attached hydrogens (tertiary/aromatic N) is 1. The molecule has 4 aromatic carbocycles. The lowest BCUT2D eigenvalue weighted by molar-refractivity contribution is -0.140. The maximum atomic E-state index is 13.8. The lowest BCUT2D eigenvalue weighted by Crippen LogP contribution is -2.48. The van der Waals surface area contributed by atoms with Gasteiger partial charge in [-0.15, -0.1) is 0 Å². The molecule has 0 bridgehead atoms. The molecule has 0 aliphatic heterocycles. The number of rotatable bonds is 12. The van der Waals surface area contributed by atoms with Crippen LogP contribution < -0.4 is 20.9 Å². The van der Waals surface area contributed by atoms with E-state index in [0.717, 1.165) is 15.3 Å². The number of amides is 2. The molecule has 1 aromatic heterocycles. The zero-order valence-corrected chi connectivity index (χ0v) is 24.0. The summed E-state index contributed by atoms with van der Waals surface area (Å²) in [6.45, 7) is -0.478. The molecule has 3 N–H and O–H groups in total. The van der Waals surface area contributed by atoms with Crippen molar-refractivity contribution in [1.82, 2.24) is 9.88 Å². The Hall–Kier alpha value is -6.03. The minimum absolute atomic E-state index is 0.0705. The van der Waals surface area contributed by atoms with Gasteiger partial charge in [0.15, 0.2) is 5.78 Å². The summed E-state index contributed by atoms with van der Waals surface area (Å²) in [7, 11) is 0. The van der Waals surface area contributed by atoms with Crippen LogP contribution in [0.25, 0.3) is 10.8 Å². The smallest absolute Gasteiger partial charge is 0.305 e. The van der Waals surface area contributed by atoms with E-state index < -0.39 is 54.2 Å². The predicted molar refractivity (Wildman–Crippen MR) is 168 cm³/mol. The van der Waals surface area contributed by atoms with Crippen LogP contribution in [0.5, 0.6) is 5.75 Å². The number of carbonyl (C=O) groups excluding carboxylic acids is 3. The number of para-hydroxylation sites is 1. The van der Waals surface area contributed by atoms with Gasteiger partial charge in [0.05, 0.1) is 6.42 Å². The number of Topliss-reactive ketones (excluding diaryl/α,β-unsaturated/α-hetero) is 1. The van der Waals surface area contributed by atoms with Gasteiger partial charge in [-0.25, -0.2) is 0 Å². The zero-order valence-electron chi connectivity index (χ0n) is 24.0. The van der Waals surface area contributed by atoms with Crippen molar-refractivity contribution in [2.24, 2.45) is 0 Å². The molecule has 0 saturated heterocycles. The van der Waals surface area contributed by atoms with Crippen LogP contribution in [0.15, 0.2) is 126 Å². The molecule has 226 valence electrons. The lowest BCUT2D eigenvalue weighted by atomic mass is 10.0. The summed E-state index contributed by atoms with van der Waals surface area (Å²) in [5.41, 5.74) is -0.00579. The first-order chi connectivity index (χ1) is 21.8. The number of ether oxygens (including phenoxy) is 1. The molecule has 0 saturated carbocycles. The van der Waals surface area contributed by atoms with Crippen molar-refractivity contribution >= 4 is 40.0 Å². The quantitative estimate of drug-likeness (QED) is 0.191. The number of aliphatic carboxylic acids is 1. The van der Waals surface area contributed by atoms with Crippen LogP contribution in [-0.2, 0) is 14.4 Å². The number of hydrogen-bond acceptors (Lipinski definition) is 6. The number of aromatic nitrogens is 1. The molecular weight excluding hydrogens is 574 g/mol. The Kier molecular flexibility index (Phi) is 9.44. The molecule has 45 heavy (non-hydrogen) atoms. The summed E-state index contributed by atoms with van der Waals surface area (Å²) < 4.78 is 6.61. The maximum absolute atomic E-state index is 13.8. The molecular formula is C35H29N3O7. The number of carboxylic acids is 1. The standard InChI is InChI=1S/C35H29N3O7/c39-30(22-45-27-14-5-2-6-15-27)29(21-31(40)41)37-34(43)32(24-11-3-1-4-12-24)38-19-9-16-28(35(38)44)36-33(42)26-18-17-23-10-7-8-13-25(23)20-26/h1-20,29,32H,21-22H2,(H,36,42)(H,37,43)(H,40,41)/t29-,32?/m0/s1. The van der Waals surface area contributed by atoms with E-state index in [1.807, 2.05) is 30.3 Å². The van der Waals surface area contributed by atoms with Gasteiger partial charge in [-0.1, -0.05) is 78.9 Å². The van der Waals surface area contributed by atoms with E-state index in [1.165, 1.54) is 18.3 Å². The van der Waals surface area contributed by atoms with Crippen molar-refractivity contribution in [3.05, 3.63) is 143 Å². The van der Waals surface area contributed by atoms with Gasteiger partial charge < -0.3 is 20.5 Å². The molecule has 0 aliphatic carbocycles. The fourth-order valence-corrected chi connectivity index (χ4v) is 4.85. The molecule has 0 aliphatic rings. The highest BCUT2D eigenvalue weighted by atomic mass is 16.5. The molecule has 2 amide bonds. The summed E-state index contributed by atoms with van der Waals surface area (Å²) in [5.74, 6) is -2.87. The van der Waals surface area contributed by atoms with Crippen molar-refractivity contribution in [1.29, 1.82) is 0 Å². The molecule has 2 atom stereocenters. The number of ketones is 1. The molecule has 1 heterocycles. The summed E-state index contributed by atoms with van der Waals surface area (Å²) in [6.07, 6.45) is 0.693. The lowest BCUT2D eigenvalue weighted by Gasteiger charge is -2.24. The van der Waals surface area contributed by atoms with E-state index in [2.05, 4.69) is 10.6 Å². The highest BCUT2D eigenvalue weighted by Gasteiger charge is 2.30. The van der Waals surface area contributed by atoms with Crippen LogP contribution in [0.3, 0.4) is 0 Å². The van der Waals surface area contributed by atoms with Crippen molar-refractivity contribution < 1.29 is 29.0 Å². The number of anilines is 1. The van der Waals surface area contributed by atoms with Gasteiger partial charge in [-0.3, -0.25) is 28.5 Å². The number of carboxylic acid groups (broad SMARTS) is 1. The fourth-order valence-electron chi connectivity index (χ4n) is 4.85. The van der Waals surface area contributed by atoms with Gasteiger partial charge in [0.25, 0.3) is 11.5 Å². The fraction of sp³-hybridized carbons (Fsp3) is 0.114. The number of nitrogens with one attached hydrogen (secondary N) is 2. The van der Waals surface area contributed by atoms with Crippen LogP contribution >= 0.6 is 0 Å². The second kappa shape index (κ2) is 14.0. The molecule has 10 nitrogen and oxygen atoms in total. The maximum Gasteiger partial charge on any atom is 0.305 e. The van der Waals surface area contributed by atoms with Gasteiger partial charge in [-0.2, -0.15) is 0 Å². The third-order valence-corrected chi connectivity index (χ3v) is 7.08. The Labute approximate surface area is 257 Å². The normalized spacial score (nSPS) is 12.1. The highest BCUT2D eigenvalue weighted by Crippen LogP contribution is 2.20. The van der Waals surface area contributed by atoms with Gasteiger partial charge in [-0.05, 0) is 52.7 Å². The average molecular weight is 604 g/mol. The van der Waals surface area contributed by atoms with Crippen molar-refractivity contribution in [3.63, 3.8) is 0 Å². The van der Waals surface area contributed by atoms with E-state index in [-0.39, 0.29) is 5.69 Å². The van der Waals surface area contributed by atoms with E-state index in [0.29, 0.717) is 16.9 Å². The van der Waals surface area contributed by atoms with Gasteiger partial charge in [0.2, 0.25) is 5.91 Å². The molecule has 0 fully saturated rings. The second-order valence-electron chi connectivity index (χ2n) is 10.2. The Morgan fingerprint density at radius 3 is 2.16 bits per heavy atom. The van der Waals surface area contributed by atoms with Gasteiger partial charge in [0.1, 0.15) is 30.1 Å². The SMILES string of the molecule is O=C(O)C[C@H](NC(=O)C(c1ccccc1)n1cccc(NC(=O)c2ccc3ccccc3c2)c1=O)C(=O)COc1ccccc1. The third-order valence-electron chi connectivity index (χ3n) is 7.08. The summed E-state index contributed by atoms with van der Waals surface area (Å²) >= 11 is 0. The molecule has 5 aromatic rings. The number of fused-ring (bicyclic) bond motifs is 1. The van der Waals surface area contributed by atoms with Crippen molar-refractivity contribution in [2.45, 2.75) is 18.5 Å². The van der Waals surface area contributed by atoms with E-state index >= 15 is 0 Å². The molecule has 0 radical (unpaired) electrons. The molecule has 0 spiro atoms. The summed E-state index contributed by atoms with van der Waals surface area (Å²) in [5, 5.41) is 16.5. The van der Waals surface area contributed by atoms with Gasteiger partial charge >= 0.3 is 5.97 Å². The second-order valence-corrected chi connectivity index (χ2v) is 10.2.